The molecule has 1 aliphatic heterocycles. The van der Waals surface area contributed by atoms with Crippen LogP contribution in [-0.2, 0) is 6.42 Å². The van der Waals surface area contributed by atoms with Gasteiger partial charge >= 0.3 is 0 Å². The first-order valence-electron chi connectivity index (χ1n) is 9.66. The number of hydrogen-bond acceptors (Lipinski definition) is 5. The van der Waals surface area contributed by atoms with Crippen LogP contribution in [0, 0.1) is 15.5 Å². The summed E-state index contributed by atoms with van der Waals surface area (Å²) in [5, 5.41) is 31.1. The summed E-state index contributed by atoms with van der Waals surface area (Å²) in [5.41, 5.74) is 1.05. The van der Waals surface area contributed by atoms with Crippen LogP contribution < -0.4 is 0 Å². The average molecular weight is 394 g/mol. The lowest BCUT2D eigenvalue weighted by molar-refractivity contribution is -0.384. The molecule has 0 spiro atoms. The monoisotopic (exact) mass is 394 g/mol. The van der Waals surface area contributed by atoms with Gasteiger partial charge in [-0.25, -0.2) is 0 Å². The van der Waals surface area contributed by atoms with Crippen LogP contribution in [0.2, 0.25) is 0 Å². The molecule has 0 aromatic heterocycles. The van der Waals surface area contributed by atoms with Crippen molar-refractivity contribution >= 4 is 11.9 Å². The first kappa shape index (κ1) is 20.7. The van der Waals surface area contributed by atoms with Crippen LogP contribution in [0.25, 0.3) is 0 Å². The van der Waals surface area contributed by atoms with E-state index in [2.05, 4.69) is 13.8 Å². The van der Waals surface area contributed by atoms with Crippen LogP contribution in [0.5, 0.6) is 5.75 Å². The Bertz CT molecular complexity index is 903. The summed E-state index contributed by atoms with van der Waals surface area (Å²) in [6.45, 7) is 4.27. The molecule has 152 valence electrons. The van der Waals surface area contributed by atoms with Crippen LogP contribution in [-0.4, -0.2) is 26.9 Å². The number of nitro benzene ring substituents is 1. The lowest BCUT2D eigenvalue weighted by Gasteiger charge is -2.42. The molecule has 6 heteroatoms. The van der Waals surface area contributed by atoms with Gasteiger partial charge in [-0.1, -0.05) is 44.2 Å². The molecule has 1 aliphatic rings. The molecule has 2 N–H and O–H groups in total. The number of non-ortho nitro benzene ring substituents is 1. The summed E-state index contributed by atoms with van der Waals surface area (Å²) < 4.78 is 0. The number of aromatic hydroxyl groups is 1. The Balaban J connectivity index is 1.74. The molecule has 2 aromatic carbocycles. The Labute approximate surface area is 170 Å². The molecule has 1 heterocycles. The molecular formula is C23H26N2O4. The van der Waals surface area contributed by atoms with Crippen LogP contribution in [0.15, 0.2) is 65.7 Å². The Morgan fingerprint density at radius 2 is 1.79 bits per heavy atom. The second-order valence-corrected chi connectivity index (χ2v) is 8.18. The molecule has 29 heavy (non-hydrogen) atoms. The van der Waals surface area contributed by atoms with Crippen LogP contribution in [0.3, 0.4) is 0 Å². The molecule has 0 saturated carbocycles. The molecule has 2 unspecified atom stereocenters. The fourth-order valence-electron chi connectivity index (χ4n) is 3.79. The van der Waals surface area contributed by atoms with E-state index < -0.39 is 16.6 Å². The molecule has 2 aromatic rings. The fraction of sp³-hybridized carbons (Fsp3) is 0.348. The summed E-state index contributed by atoms with van der Waals surface area (Å²) in [6.07, 6.45) is 7.01. The zero-order valence-electron chi connectivity index (χ0n) is 16.7. The lowest BCUT2D eigenvalue weighted by atomic mass is 9.66. The van der Waals surface area contributed by atoms with Gasteiger partial charge in [0.25, 0.3) is 5.69 Å². The predicted molar refractivity (Wildman–Crippen MR) is 113 cm³/mol. The fourth-order valence-corrected chi connectivity index (χ4v) is 3.79. The first-order valence-corrected chi connectivity index (χ1v) is 9.66. The topological polar surface area (TPSA) is 96.0 Å². The van der Waals surface area contributed by atoms with Crippen molar-refractivity contribution in [2.24, 2.45) is 10.4 Å². The number of aliphatic hydroxyl groups is 1. The summed E-state index contributed by atoms with van der Waals surface area (Å²) in [5.74, 6) is 0.165. The summed E-state index contributed by atoms with van der Waals surface area (Å²) in [7, 11) is 0. The zero-order valence-corrected chi connectivity index (χ0v) is 16.7. The van der Waals surface area contributed by atoms with E-state index in [1.807, 2.05) is 12.2 Å². The summed E-state index contributed by atoms with van der Waals surface area (Å²) in [6, 6.07) is 13.2. The highest BCUT2D eigenvalue weighted by Crippen LogP contribution is 2.46. The van der Waals surface area contributed by atoms with Crippen molar-refractivity contribution in [3.05, 3.63) is 81.9 Å². The number of phenols is 1. The van der Waals surface area contributed by atoms with Crippen molar-refractivity contribution in [3.63, 3.8) is 0 Å². The van der Waals surface area contributed by atoms with E-state index in [4.69, 9.17) is 4.99 Å². The quantitative estimate of drug-likeness (QED) is 0.498. The van der Waals surface area contributed by atoms with Gasteiger partial charge in [0.15, 0.2) is 0 Å². The van der Waals surface area contributed by atoms with E-state index in [1.165, 1.54) is 12.1 Å². The number of nitrogens with zero attached hydrogens (tertiary/aromatic N) is 2. The number of phenolic OH excluding ortho intramolecular Hbond substituents is 1. The van der Waals surface area contributed by atoms with Gasteiger partial charge in [0, 0.05) is 24.8 Å². The third kappa shape index (κ3) is 4.54. The van der Waals surface area contributed by atoms with Gasteiger partial charge in [-0.05, 0) is 47.6 Å². The summed E-state index contributed by atoms with van der Waals surface area (Å²) in [4.78, 5) is 15.2. The molecule has 0 saturated heterocycles. The number of rotatable bonds is 8. The molecule has 0 aliphatic carbocycles. The number of hydrogen-bond donors (Lipinski definition) is 2. The highest BCUT2D eigenvalue weighted by molar-refractivity contribution is 5.75. The van der Waals surface area contributed by atoms with Crippen molar-refractivity contribution in [3.8, 4) is 5.75 Å². The Morgan fingerprint density at radius 1 is 1.14 bits per heavy atom. The summed E-state index contributed by atoms with van der Waals surface area (Å²) >= 11 is 0. The van der Waals surface area contributed by atoms with E-state index in [1.54, 1.807) is 42.6 Å². The van der Waals surface area contributed by atoms with Gasteiger partial charge in [0.2, 0.25) is 0 Å². The minimum Gasteiger partial charge on any atom is -0.508 e. The maximum absolute atomic E-state index is 10.8. The van der Waals surface area contributed by atoms with Gasteiger partial charge < -0.3 is 10.2 Å². The van der Waals surface area contributed by atoms with Gasteiger partial charge in [-0.2, -0.15) is 0 Å². The minimum absolute atomic E-state index is 0.0878. The number of aliphatic imine (C=N–C) groups is 1. The van der Waals surface area contributed by atoms with Gasteiger partial charge in [-0.15, -0.1) is 0 Å². The zero-order chi connectivity index (χ0) is 21.1. The van der Waals surface area contributed by atoms with E-state index in [9.17, 15) is 20.3 Å². The second-order valence-electron chi connectivity index (χ2n) is 8.18. The molecule has 2 atom stereocenters. The van der Waals surface area contributed by atoms with E-state index in [0.717, 1.165) is 24.0 Å². The Hall–Kier alpha value is -2.99. The second kappa shape index (κ2) is 8.17. The first-order chi connectivity index (χ1) is 13.7. The molecule has 0 amide bonds. The largest absolute Gasteiger partial charge is 0.508 e. The van der Waals surface area contributed by atoms with Gasteiger partial charge in [0.05, 0.1) is 16.6 Å². The smallest absolute Gasteiger partial charge is 0.269 e. The van der Waals surface area contributed by atoms with Crippen LogP contribution >= 0.6 is 0 Å². The van der Waals surface area contributed by atoms with E-state index in [-0.39, 0.29) is 16.9 Å². The van der Waals surface area contributed by atoms with E-state index in [0.29, 0.717) is 6.42 Å². The molecule has 0 radical (unpaired) electrons. The molecule has 6 nitrogen and oxygen atoms in total. The minimum atomic E-state index is -0.714. The number of benzene rings is 2. The Morgan fingerprint density at radius 3 is 2.34 bits per heavy atom. The third-order valence-electron chi connectivity index (χ3n) is 5.90. The average Bonchev–Trinajstić information content (AvgIpc) is 3.17. The maximum Gasteiger partial charge on any atom is 0.269 e. The normalized spacial score (nSPS) is 19.4. The lowest BCUT2D eigenvalue weighted by Crippen LogP contribution is -2.42. The van der Waals surface area contributed by atoms with E-state index >= 15 is 0 Å². The van der Waals surface area contributed by atoms with Gasteiger partial charge in [-0.3, -0.25) is 15.1 Å². The van der Waals surface area contributed by atoms with Crippen molar-refractivity contribution < 1.29 is 15.1 Å². The SMILES string of the molecule is CC(C)(CCc1ccc([N+](=O)[O-])cc1)C1(CC(O)c2ccc(O)cc2)C=CC=N1. The van der Waals surface area contributed by atoms with Gasteiger partial charge in [0.1, 0.15) is 5.75 Å². The van der Waals surface area contributed by atoms with Crippen LogP contribution in [0.4, 0.5) is 5.69 Å². The standard InChI is InChI=1S/C23H26N2O4/c1-22(2,14-12-17-4-8-19(9-5-17)25(28)29)23(13-3-15-24-23)16-21(27)18-6-10-20(26)11-7-18/h3-11,13,15,21,26-27H,12,14,16H2,1-2H3. The van der Waals surface area contributed by atoms with Crippen molar-refractivity contribution in [1.82, 2.24) is 0 Å². The number of allylic oxidation sites excluding steroid dienone is 1. The predicted octanol–water partition coefficient (Wildman–Crippen LogP) is 4.76. The van der Waals surface area contributed by atoms with Crippen molar-refractivity contribution in [1.29, 1.82) is 0 Å². The number of nitro groups is 1. The molecule has 0 bridgehead atoms. The molecule has 0 fully saturated rings. The molecule has 3 rings (SSSR count). The molecular weight excluding hydrogens is 368 g/mol. The number of aliphatic hydroxyl groups excluding tert-OH is 1. The van der Waals surface area contributed by atoms with Crippen LogP contribution in [0.1, 0.15) is 43.9 Å². The highest BCUT2D eigenvalue weighted by Gasteiger charge is 2.45. The highest BCUT2D eigenvalue weighted by atomic mass is 16.6. The van der Waals surface area contributed by atoms with Crippen molar-refractivity contribution in [2.75, 3.05) is 0 Å². The van der Waals surface area contributed by atoms with Crippen molar-refractivity contribution in [2.45, 2.75) is 44.8 Å². The third-order valence-corrected chi connectivity index (χ3v) is 5.90. The Kier molecular flexibility index (Phi) is 5.84. The maximum atomic E-state index is 10.8. The number of aryl methyl sites for hydroxylation is 1.